The summed E-state index contributed by atoms with van der Waals surface area (Å²) in [7, 11) is 2.09. The summed E-state index contributed by atoms with van der Waals surface area (Å²) in [6, 6.07) is 4.58. The number of nitrogens with zero attached hydrogens (tertiary/aromatic N) is 7. The third-order valence-electron chi connectivity index (χ3n) is 6.40. The molecule has 0 saturated heterocycles. The van der Waals surface area contributed by atoms with Crippen LogP contribution in [-0.2, 0) is 5.54 Å². The van der Waals surface area contributed by atoms with E-state index in [-0.39, 0.29) is 6.42 Å². The lowest BCUT2D eigenvalue weighted by atomic mass is 9.73. The molecular weight excluding hydrogens is 425 g/mol. The number of rotatable bonds is 5. The Bertz CT molecular complexity index is 1240. The van der Waals surface area contributed by atoms with Crippen molar-refractivity contribution < 1.29 is 4.39 Å². The first kappa shape index (κ1) is 20.9. The number of aromatic nitrogens is 4. The third kappa shape index (κ3) is 3.63. The van der Waals surface area contributed by atoms with Crippen molar-refractivity contribution in [3.8, 4) is 17.3 Å². The summed E-state index contributed by atoms with van der Waals surface area (Å²) in [6.45, 7) is 2.92. The second-order valence-electron chi connectivity index (χ2n) is 8.60. The van der Waals surface area contributed by atoms with E-state index in [0.717, 1.165) is 40.2 Å². The minimum Gasteiger partial charge on any atom is -0.294 e. The van der Waals surface area contributed by atoms with Crippen LogP contribution in [0.3, 0.4) is 0 Å². The zero-order valence-electron chi connectivity index (χ0n) is 18.1. The first-order valence-electron chi connectivity index (χ1n) is 10.8. The van der Waals surface area contributed by atoms with Crippen LogP contribution in [0, 0.1) is 11.3 Å². The fourth-order valence-electron chi connectivity index (χ4n) is 4.57. The molecule has 0 spiro atoms. The molecule has 1 fully saturated rings. The van der Waals surface area contributed by atoms with Crippen LogP contribution < -0.4 is 0 Å². The Morgan fingerprint density at radius 1 is 1.38 bits per heavy atom. The van der Waals surface area contributed by atoms with Gasteiger partial charge in [-0.05, 0) is 31.0 Å². The number of thiophene rings is 1. The molecule has 0 amide bonds. The molecule has 9 heteroatoms. The van der Waals surface area contributed by atoms with Crippen LogP contribution in [0.1, 0.15) is 32.6 Å². The number of nitriles is 1. The van der Waals surface area contributed by atoms with Crippen LogP contribution in [0.4, 0.5) is 10.3 Å². The van der Waals surface area contributed by atoms with Crippen molar-refractivity contribution in [1.29, 1.82) is 5.26 Å². The van der Waals surface area contributed by atoms with Crippen LogP contribution in [0.15, 0.2) is 41.0 Å². The fourth-order valence-corrected chi connectivity index (χ4v) is 5.41. The van der Waals surface area contributed by atoms with Crippen molar-refractivity contribution in [3.05, 3.63) is 36.0 Å². The second kappa shape index (κ2) is 8.19. The third-order valence-corrected chi connectivity index (χ3v) is 7.31. The number of halogens is 1. The molecule has 3 aromatic rings. The molecule has 0 radical (unpaired) electrons. The van der Waals surface area contributed by atoms with Gasteiger partial charge in [-0.25, -0.2) is 19.4 Å². The number of aliphatic imine (C=N–C) groups is 1. The van der Waals surface area contributed by atoms with E-state index in [1.807, 2.05) is 17.6 Å². The molecule has 32 heavy (non-hydrogen) atoms. The second-order valence-corrected chi connectivity index (χ2v) is 9.51. The molecule has 0 aromatic carbocycles. The van der Waals surface area contributed by atoms with E-state index in [1.54, 1.807) is 22.2 Å². The van der Waals surface area contributed by atoms with Gasteiger partial charge >= 0.3 is 0 Å². The number of likely N-dealkylation sites (N-methyl/N-ethyl adjacent to an activating group) is 1. The summed E-state index contributed by atoms with van der Waals surface area (Å²) in [6.07, 6.45) is 8.90. The van der Waals surface area contributed by atoms with Gasteiger partial charge in [-0.2, -0.15) is 10.4 Å². The number of alkyl halides is 1. The standard InChI is InChI=1S/C23H24FN7S/c1-3-18-5-4-17(14-30(18)2)27-22-28-19-6-9-32-21(19)20(29-22)15-12-26-31(13-15)23(7-8-25)10-16(24)11-23/h4-6,9,12-13,16,18H,3,7,10-11,14H2,1-2H3. The maximum absolute atomic E-state index is 13.7. The lowest BCUT2D eigenvalue weighted by Crippen LogP contribution is -2.47. The fraction of sp³-hybridized carbons (Fsp3) is 0.435. The van der Waals surface area contributed by atoms with E-state index >= 15 is 0 Å². The highest BCUT2D eigenvalue weighted by Gasteiger charge is 2.47. The van der Waals surface area contributed by atoms with Crippen LogP contribution in [0.2, 0.25) is 0 Å². The maximum atomic E-state index is 13.7. The van der Waals surface area contributed by atoms with Gasteiger partial charge in [0.15, 0.2) is 0 Å². The average Bonchev–Trinajstić information content (AvgIpc) is 3.42. The highest BCUT2D eigenvalue weighted by atomic mass is 32.1. The Hall–Kier alpha value is -2.96. The molecule has 0 N–H and O–H groups in total. The van der Waals surface area contributed by atoms with Gasteiger partial charge in [0.25, 0.3) is 5.95 Å². The van der Waals surface area contributed by atoms with E-state index in [2.05, 4.69) is 47.2 Å². The Kier molecular flexibility index (Phi) is 5.35. The van der Waals surface area contributed by atoms with Gasteiger partial charge in [0.2, 0.25) is 0 Å². The predicted molar refractivity (Wildman–Crippen MR) is 124 cm³/mol. The van der Waals surface area contributed by atoms with E-state index in [0.29, 0.717) is 24.8 Å². The molecule has 1 aliphatic heterocycles. The maximum Gasteiger partial charge on any atom is 0.250 e. The van der Waals surface area contributed by atoms with Gasteiger partial charge in [-0.3, -0.25) is 9.58 Å². The van der Waals surface area contributed by atoms with Gasteiger partial charge < -0.3 is 0 Å². The number of hydrogen-bond donors (Lipinski definition) is 0. The normalized spacial score (nSPS) is 27.0. The topological polar surface area (TPSA) is 83.0 Å². The predicted octanol–water partition coefficient (Wildman–Crippen LogP) is 4.65. The first-order valence-corrected chi connectivity index (χ1v) is 11.7. The van der Waals surface area contributed by atoms with Crippen molar-refractivity contribution in [3.63, 3.8) is 0 Å². The van der Waals surface area contributed by atoms with Crippen molar-refractivity contribution in [2.75, 3.05) is 13.6 Å². The first-order chi connectivity index (χ1) is 15.5. The summed E-state index contributed by atoms with van der Waals surface area (Å²) >= 11 is 1.57. The molecule has 5 rings (SSSR count). The minimum absolute atomic E-state index is 0.240. The van der Waals surface area contributed by atoms with Crippen LogP contribution >= 0.6 is 11.3 Å². The van der Waals surface area contributed by atoms with Crippen molar-refractivity contribution in [1.82, 2.24) is 24.6 Å². The Labute approximate surface area is 189 Å². The highest BCUT2D eigenvalue weighted by Crippen LogP contribution is 2.44. The molecular formula is C23H24FN7S. The summed E-state index contributed by atoms with van der Waals surface area (Å²) in [5.41, 5.74) is 2.78. The monoisotopic (exact) mass is 449 g/mol. The van der Waals surface area contributed by atoms with E-state index in [9.17, 15) is 9.65 Å². The van der Waals surface area contributed by atoms with E-state index in [4.69, 9.17) is 9.98 Å². The van der Waals surface area contributed by atoms with Crippen LogP contribution in [0.25, 0.3) is 21.5 Å². The van der Waals surface area contributed by atoms with Gasteiger partial charge in [0.05, 0.1) is 45.8 Å². The van der Waals surface area contributed by atoms with Crippen LogP contribution in [-0.4, -0.2) is 56.2 Å². The van der Waals surface area contributed by atoms with Crippen molar-refractivity contribution in [2.45, 2.75) is 50.4 Å². The van der Waals surface area contributed by atoms with Gasteiger partial charge in [-0.15, -0.1) is 11.3 Å². The van der Waals surface area contributed by atoms with Crippen LogP contribution in [0.5, 0.6) is 0 Å². The van der Waals surface area contributed by atoms with Gasteiger partial charge in [0.1, 0.15) is 6.17 Å². The largest absolute Gasteiger partial charge is 0.294 e. The molecule has 1 aliphatic carbocycles. The Morgan fingerprint density at radius 3 is 2.94 bits per heavy atom. The molecule has 3 aromatic heterocycles. The lowest BCUT2D eigenvalue weighted by Gasteiger charge is -2.42. The average molecular weight is 450 g/mol. The van der Waals surface area contributed by atoms with Gasteiger partial charge in [-0.1, -0.05) is 13.0 Å². The molecule has 7 nitrogen and oxygen atoms in total. The Balaban J connectivity index is 1.52. The van der Waals surface area contributed by atoms with E-state index in [1.165, 1.54) is 0 Å². The number of fused-ring (bicyclic) bond motifs is 1. The minimum atomic E-state index is -0.879. The zero-order chi connectivity index (χ0) is 22.3. The summed E-state index contributed by atoms with van der Waals surface area (Å²) in [4.78, 5) is 16.4. The molecule has 0 bridgehead atoms. The summed E-state index contributed by atoms with van der Waals surface area (Å²) in [5, 5.41) is 15.7. The van der Waals surface area contributed by atoms with Crippen molar-refractivity contribution >= 4 is 33.2 Å². The molecule has 1 saturated carbocycles. The molecule has 4 heterocycles. The highest BCUT2D eigenvalue weighted by molar-refractivity contribution is 7.17. The van der Waals surface area contributed by atoms with Crippen molar-refractivity contribution in [2.24, 2.45) is 4.99 Å². The quantitative estimate of drug-likeness (QED) is 0.566. The van der Waals surface area contributed by atoms with Gasteiger partial charge in [0, 0.05) is 37.2 Å². The lowest BCUT2D eigenvalue weighted by molar-refractivity contribution is 0.0293. The van der Waals surface area contributed by atoms with E-state index < -0.39 is 11.7 Å². The molecule has 2 aliphatic rings. The number of hydrogen-bond acceptors (Lipinski definition) is 7. The molecule has 164 valence electrons. The summed E-state index contributed by atoms with van der Waals surface area (Å²) < 4.78 is 16.4. The molecule has 1 atom stereocenters. The molecule has 1 unspecified atom stereocenters. The smallest absolute Gasteiger partial charge is 0.250 e. The Morgan fingerprint density at radius 2 is 2.22 bits per heavy atom. The zero-order valence-corrected chi connectivity index (χ0v) is 18.9. The summed E-state index contributed by atoms with van der Waals surface area (Å²) in [5.74, 6) is 0.417. The SMILES string of the molecule is CCC1C=CC(=Nc2nc(-c3cnn(C4(CC#N)CC(F)C4)c3)c3sccc3n2)CN1C.